The van der Waals surface area contributed by atoms with E-state index in [1.807, 2.05) is 0 Å². The molecule has 1 aliphatic carbocycles. The maximum atomic E-state index is 12.4. The van der Waals surface area contributed by atoms with Crippen molar-refractivity contribution in [1.82, 2.24) is 0 Å². The maximum Gasteiger partial charge on any atom is 0.307 e. The van der Waals surface area contributed by atoms with E-state index in [0.29, 0.717) is 12.3 Å². The van der Waals surface area contributed by atoms with Crippen LogP contribution in [0.15, 0.2) is 0 Å². The van der Waals surface area contributed by atoms with Gasteiger partial charge in [0.1, 0.15) is 0 Å². The highest BCUT2D eigenvalue weighted by atomic mass is 31.2. The fourth-order valence-corrected chi connectivity index (χ4v) is 5.90. The third-order valence-electron chi connectivity index (χ3n) is 5.56. The molecule has 0 amide bonds. The molecule has 2 unspecified atom stereocenters. The van der Waals surface area contributed by atoms with Crippen molar-refractivity contribution in [1.29, 1.82) is 0 Å². The molecule has 2 atom stereocenters. The van der Waals surface area contributed by atoms with Crippen molar-refractivity contribution in [2.24, 2.45) is 11.8 Å². The van der Waals surface area contributed by atoms with Crippen LogP contribution in [0.3, 0.4) is 0 Å². The molecule has 1 aliphatic rings. The summed E-state index contributed by atoms with van der Waals surface area (Å²) in [7, 11) is -3.32. The van der Waals surface area contributed by atoms with Crippen LogP contribution in [0, 0.1) is 11.8 Å². The first-order chi connectivity index (χ1) is 11.9. The van der Waals surface area contributed by atoms with Gasteiger partial charge in [-0.25, -0.2) is 0 Å². The fourth-order valence-electron chi connectivity index (χ4n) is 4.01. The summed E-state index contributed by atoms with van der Waals surface area (Å²) < 4.78 is 12.4. The van der Waals surface area contributed by atoms with Crippen molar-refractivity contribution < 1.29 is 19.4 Å². The van der Waals surface area contributed by atoms with E-state index in [-0.39, 0.29) is 12.3 Å². The maximum absolute atomic E-state index is 12.4. The Morgan fingerprint density at radius 3 is 2.12 bits per heavy atom. The molecule has 2 N–H and O–H groups in total. The molecule has 0 radical (unpaired) electrons. The van der Waals surface area contributed by atoms with Crippen LogP contribution < -0.4 is 0 Å². The van der Waals surface area contributed by atoms with Crippen molar-refractivity contribution >= 4 is 13.3 Å². The van der Waals surface area contributed by atoms with E-state index >= 15 is 0 Å². The van der Waals surface area contributed by atoms with Gasteiger partial charge in [-0.3, -0.25) is 9.36 Å². The molecule has 0 aliphatic heterocycles. The van der Waals surface area contributed by atoms with Gasteiger partial charge in [-0.05, 0) is 18.8 Å². The molecule has 1 rings (SSSR count). The lowest BCUT2D eigenvalue weighted by molar-refractivity contribution is -0.141. The lowest BCUT2D eigenvalue weighted by atomic mass is 9.83. The first-order valence-electron chi connectivity index (χ1n) is 10.5. The molecule has 0 aromatic rings. The first-order valence-corrected chi connectivity index (χ1v) is 12.5. The molecule has 5 heteroatoms. The Kier molecular flexibility index (Phi) is 11.7. The summed E-state index contributed by atoms with van der Waals surface area (Å²) in [6.07, 6.45) is 15.7. The lowest BCUT2D eigenvalue weighted by Gasteiger charge is -2.25. The number of carbonyl (C=O) groups is 1. The zero-order valence-corrected chi connectivity index (χ0v) is 17.0. The van der Waals surface area contributed by atoms with Crippen molar-refractivity contribution in [2.75, 3.05) is 12.3 Å². The molecular formula is C20H39O4P. The number of hydrogen-bond donors (Lipinski definition) is 2. The molecular weight excluding hydrogens is 335 g/mol. The number of carboxylic acids is 1. The Hall–Kier alpha value is -0.340. The van der Waals surface area contributed by atoms with E-state index in [2.05, 4.69) is 6.92 Å². The van der Waals surface area contributed by atoms with Gasteiger partial charge in [0, 0.05) is 12.3 Å². The van der Waals surface area contributed by atoms with Crippen LogP contribution in [-0.2, 0) is 9.36 Å². The molecule has 1 saturated carbocycles. The van der Waals surface area contributed by atoms with Gasteiger partial charge in [-0.1, -0.05) is 84.0 Å². The number of rotatable bonds is 14. The predicted octanol–water partition coefficient (Wildman–Crippen LogP) is 6.07. The summed E-state index contributed by atoms with van der Waals surface area (Å²) in [6.45, 7) is 2.21. The summed E-state index contributed by atoms with van der Waals surface area (Å²) in [5.74, 6) is -1.11. The molecule has 0 spiro atoms. The minimum Gasteiger partial charge on any atom is -0.481 e. The molecule has 0 heterocycles. The van der Waals surface area contributed by atoms with E-state index < -0.39 is 19.3 Å². The van der Waals surface area contributed by atoms with Gasteiger partial charge >= 0.3 is 5.97 Å². The van der Waals surface area contributed by atoms with E-state index in [1.165, 1.54) is 51.4 Å². The van der Waals surface area contributed by atoms with Gasteiger partial charge < -0.3 is 10.00 Å². The second-order valence-electron chi connectivity index (χ2n) is 8.00. The Morgan fingerprint density at radius 1 is 1.00 bits per heavy atom. The highest BCUT2D eigenvalue weighted by Gasteiger charge is 2.31. The Bertz CT molecular complexity index is 405. The Morgan fingerprint density at radius 2 is 1.56 bits per heavy atom. The van der Waals surface area contributed by atoms with Crippen LogP contribution >= 0.6 is 7.37 Å². The topological polar surface area (TPSA) is 74.6 Å². The molecule has 0 bridgehead atoms. The normalized spacial score (nSPS) is 19.4. The van der Waals surface area contributed by atoms with Crippen LogP contribution in [0.2, 0.25) is 0 Å². The third-order valence-corrected chi connectivity index (χ3v) is 7.58. The van der Waals surface area contributed by atoms with Gasteiger partial charge in [0.2, 0.25) is 7.37 Å². The van der Waals surface area contributed by atoms with E-state index in [0.717, 1.165) is 32.1 Å². The Labute approximate surface area is 154 Å². The zero-order chi connectivity index (χ0) is 18.5. The van der Waals surface area contributed by atoms with Gasteiger partial charge in [-0.2, -0.15) is 0 Å². The summed E-state index contributed by atoms with van der Waals surface area (Å²) in [5, 5.41) is 9.45. The number of carboxylic acid groups (broad SMARTS) is 1. The van der Waals surface area contributed by atoms with Crippen molar-refractivity contribution in [3.63, 3.8) is 0 Å². The second-order valence-corrected chi connectivity index (χ2v) is 10.5. The van der Waals surface area contributed by atoms with Crippen LogP contribution in [0.1, 0.15) is 96.8 Å². The fraction of sp³-hybridized carbons (Fsp3) is 0.950. The molecule has 0 saturated heterocycles. The molecule has 0 aromatic carbocycles. The molecule has 0 aromatic heterocycles. The number of unbranched alkanes of at least 4 members (excludes halogenated alkanes) is 7. The molecule has 148 valence electrons. The SMILES string of the molecule is CCCCCCCCCCP(=O)(O)CC(CC1CCCCC1)C(=O)O. The van der Waals surface area contributed by atoms with Crippen molar-refractivity contribution in [3.8, 4) is 0 Å². The highest BCUT2D eigenvalue weighted by molar-refractivity contribution is 7.58. The smallest absolute Gasteiger partial charge is 0.307 e. The quantitative estimate of drug-likeness (QED) is 0.286. The van der Waals surface area contributed by atoms with Gasteiger partial charge in [0.05, 0.1) is 5.92 Å². The van der Waals surface area contributed by atoms with E-state index in [4.69, 9.17) is 0 Å². The van der Waals surface area contributed by atoms with Crippen LogP contribution in [0.5, 0.6) is 0 Å². The molecule has 4 nitrogen and oxygen atoms in total. The second kappa shape index (κ2) is 12.9. The summed E-state index contributed by atoms with van der Waals surface area (Å²) >= 11 is 0. The third kappa shape index (κ3) is 11.1. The van der Waals surface area contributed by atoms with Crippen LogP contribution in [0.4, 0.5) is 0 Å². The van der Waals surface area contributed by atoms with E-state index in [1.54, 1.807) is 0 Å². The van der Waals surface area contributed by atoms with Gasteiger partial charge in [0.25, 0.3) is 0 Å². The number of aliphatic carboxylic acids is 1. The molecule has 1 fully saturated rings. The monoisotopic (exact) mass is 374 g/mol. The van der Waals surface area contributed by atoms with Crippen LogP contribution in [-0.4, -0.2) is 28.3 Å². The zero-order valence-electron chi connectivity index (χ0n) is 16.1. The highest BCUT2D eigenvalue weighted by Crippen LogP contribution is 2.45. The predicted molar refractivity (Wildman–Crippen MR) is 104 cm³/mol. The Balaban J connectivity index is 2.25. The van der Waals surface area contributed by atoms with Crippen molar-refractivity contribution in [2.45, 2.75) is 96.8 Å². The van der Waals surface area contributed by atoms with Gasteiger partial charge in [-0.15, -0.1) is 0 Å². The minimum atomic E-state index is -3.32. The van der Waals surface area contributed by atoms with Gasteiger partial charge in [0.15, 0.2) is 0 Å². The molecule has 25 heavy (non-hydrogen) atoms. The minimum absolute atomic E-state index is 0.0324. The summed E-state index contributed by atoms with van der Waals surface area (Å²) in [4.78, 5) is 21.7. The average molecular weight is 375 g/mol. The number of hydrogen-bond acceptors (Lipinski definition) is 2. The standard InChI is InChI=1S/C20H39O4P/c1-2-3-4-5-6-7-8-12-15-25(23,24)17-19(20(21)22)16-18-13-10-9-11-14-18/h18-19H,2-17H2,1H3,(H,21,22)(H,23,24). The average Bonchev–Trinajstić information content (AvgIpc) is 2.57. The largest absolute Gasteiger partial charge is 0.481 e. The summed E-state index contributed by atoms with van der Waals surface area (Å²) in [6, 6.07) is 0. The summed E-state index contributed by atoms with van der Waals surface area (Å²) in [5.41, 5.74) is 0. The van der Waals surface area contributed by atoms with Crippen LogP contribution in [0.25, 0.3) is 0 Å². The van der Waals surface area contributed by atoms with E-state index in [9.17, 15) is 19.4 Å². The lowest BCUT2D eigenvalue weighted by Crippen LogP contribution is -2.23. The first kappa shape index (κ1) is 22.7. The van der Waals surface area contributed by atoms with Crippen molar-refractivity contribution in [3.05, 3.63) is 0 Å².